The fraction of sp³-hybridized carbons (Fsp3) is 0.588. The van der Waals surface area contributed by atoms with Crippen LogP contribution in [0.1, 0.15) is 36.8 Å². The van der Waals surface area contributed by atoms with Crippen LogP contribution < -0.4 is 5.32 Å². The summed E-state index contributed by atoms with van der Waals surface area (Å²) in [5.41, 5.74) is 3.04. The molecule has 2 rings (SSSR count). The fourth-order valence-electron chi connectivity index (χ4n) is 2.92. The summed E-state index contributed by atoms with van der Waals surface area (Å²) in [5.74, 6) is 0.202. The molecular formula is C17H26N2O2. The van der Waals surface area contributed by atoms with Crippen molar-refractivity contribution >= 4 is 11.7 Å². The Morgan fingerprint density at radius 3 is 2.76 bits per heavy atom. The fourth-order valence-corrected chi connectivity index (χ4v) is 2.92. The molecule has 1 saturated carbocycles. The van der Waals surface area contributed by atoms with E-state index >= 15 is 0 Å². The van der Waals surface area contributed by atoms with Gasteiger partial charge < -0.3 is 15.3 Å². The average molecular weight is 290 g/mol. The van der Waals surface area contributed by atoms with E-state index in [4.69, 9.17) is 0 Å². The van der Waals surface area contributed by atoms with Gasteiger partial charge in [-0.1, -0.05) is 25.0 Å². The predicted octanol–water partition coefficient (Wildman–Crippen LogP) is 3.32. The van der Waals surface area contributed by atoms with Crippen molar-refractivity contribution in [3.05, 3.63) is 29.3 Å². The molecule has 0 heterocycles. The van der Waals surface area contributed by atoms with Crippen molar-refractivity contribution in [3.8, 4) is 0 Å². The summed E-state index contributed by atoms with van der Waals surface area (Å²) in [6, 6.07) is 5.92. The molecule has 0 saturated heterocycles. The monoisotopic (exact) mass is 290 g/mol. The molecule has 0 bridgehead atoms. The molecule has 4 heteroatoms. The third-order valence-corrected chi connectivity index (χ3v) is 4.36. The van der Waals surface area contributed by atoms with Crippen LogP contribution in [0, 0.1) is 19.8 Å². The van der Waals surface area contributed by atoms with E-state index in [9.17, 15) is 9.90 Å². The molecule has 2 N–H and O–H groups in total. The Balaban J connectivity index is 1.94. The number of aliphatic hydroxyl groups excluding tert-OH is 1. The van der Waals surface area contributed by atoms with Gasteiger partial charge in [0.25, 0.3) is 0 Å². The van der Waals surface area contributed by atoms with Crippen LogP contribution in [0.5, 0.6) is 0 Å². The number of anilines is 1. The van der Waals surface area contributed by atoms with Gasteiger partial charge in [-0.05, 0) is 43.9 Å². The van der Waals surface area contributed by atoms with Crippen LogP contribution >= 0.6 is 0 Å². The van der Waals surface area contributed by atoms with Crippen LogP contribution in [0.4, 0.5) is 10.5 Å². The zero-order valence-corrected chi connectivity index (χ0v) is 13.2. The van der Waals surface area contributed by atoms with Gasteiger partial charge in [0.1, 0.15) is 0 Å². The van der Waals surface area contributed by atoms with Crippen molar-refractivity contribution in [3.63, 3.8) is 0 Å². The van der Waals surface area contributed by atoms with E-state index < -0.39 is 0 Å². The molecule has 1 aromatic carbocycles. The standard InChI is InChI=1S/C17H26N2O2/c1-12-8-9-13(2)15(10-12)18-17(21)19(3)11-14-6-4-5-7-16(14)20/h8-10,14,16,20H,4-7,11H2,1-3H3,(H,18,21). The van der Waals surface area contributed by atoms with E-state index in [0.717, 1.165) is 42.5 Å². The first-order valence-electron chi connectivity index (χ1n) is 7.75. The summed E-state index contributed by atoms with van der Waals surface area (Å²) in [6.45, 7) is 4.61. The highest BCUT2D eigenvalue weighted by Gasteiger charge is 2.25. The van der Waals surface area contributed by atoms with Crippen molar-refractivity contribution in [1.82, 2.24) is 4.90 Å². The van der Waals surface area contributed by atoms with Crippen LogP contribution in [0.3, 0.4) is 0 Å². The quantitative estimate of drug-likeness (QED) is 0.897. The minimum absolute atomic E-state index is 0.110. The Labute approximate surface area is 127 Å². The van der Waals surface area contributed by atoms with Crippen LogP contribution in [-0.4, -0.2) is 35.7 Å². The SMILES string of the molecule is Cc1ccc(C)c(NC(=O)N(C)CC2CCCCC2O)c1. The van der Waals surface area contributed by atoms with Crippen LogP contribution in [0.15, 0.2) is 18.2 Å². The summed E-state index contributed by atoms with van der Waals surface area (Å²) in [6.07, 6.45) is 3.83. The molecule has 1 aliphatic rings. The number of rotatable bonds is 3. The van der Waals surface area contributed by atoms with Crippen LogP contribution in [0.2, 0.25) is 0 Å². The summed E-state index contributed by atoms with van der Waals surface area (Å²) >= 11 is 0. The topological polar surface area (TPSA) is 52.6 Å². The van der Waals surface area contributed by atoms with Gasteiger partial charge in [0.05, 0.1) is 6.10 Å². The van der Waals surface area contributed by atoms with Crippen LogP contribution in [0.25, 0.3) is 0 Å². The van der Waals surface area contributed by atoms with Crippen molar-refractivity contribution in [1.29, 1.82) is 0 Å². The summed E-state index contributed by atoms with van der Waals surface area (Å²) in [5, 5.41) is 13.0. The smallest absolute Gasteiger partial charge is 0.321 e. The van der Waals surface area contributed by atoms with Gasteiger partial charge in [0, 0.05) is 25.2 Å². The number of hydrogen-bond acceptors (Lipinski definition) is 2. The zero-order valence-electron chi connectivity index (χ0n) is 13.2. The Bertz CT molecular complexity index is 502. The van der Waals surface area contributed by atoms with Gasteiger partial charge in [-0.25, -0.2) is 4.79 Å². The molecule has 1 aromatic rings. The molecule has 2 atom stereocenters. The maximum atomic E-state index is 12.3. The van der Waals surface area contributed by atoms with Crippen molar-refractivity contribution < 1.29 is 9.90 Å². The normalized spacial score (nSPS) is 21.9. The second-order valence-corrected chi connectivity index (χ2v) is 6.24. The lowest BCUT2D eigenvalue weighted by atomic mass is 9.86. The zero-order chi connectivity index (χ0) is 15.4. The van der Waals surface area contributed by atoms with Gasteiger partial charge in [-0.15, -0.1) is 0 Å². The molecule has 4 nitrogen and oxygen atoms in total. The van der Waals surface area contributed by atoms with Crippen molar-refractivity contribution in [2.24, 2.45) is 5.92 Å². The Morgan fingerprint density at radius 1 is 1.33 bits per heavy atom. The van der Waals surface area contributed by atoms with Crippen LogP contribution in [-0.2, 0) is 0 Å². The molecule has 0 spiro atoms. The third-order valence-electron chi connectivity index (χ3n) is 4.36. The van der Waals surface area contributed by atoms with Gasteiger partial charge >= 0.3 is 6.03 Å². The number of aliphatic hydroxyl groups is 1. The number of amides is 2. The number of urea groups is 1. The summed E-state index contributed by atoms with van der Waals surface area (Å²) in [7, 11) is 1.79. The highest BCUT2D eigenvalue weighted by molar-refractivity contribution is 5.90. The maximum Gasteiger partial charge on any atom is 0.321 e. The first kappa shape index (κ1) is 15.8. The van der Waals surface area contributed by atoms with Gasteiger partial charge in [0.2, 0.25) is 0 Å². The van der Waals surface area contributed by atoms with Crippen molar-refractivity contribution in [2.75, 3.05) is 18.9 Å². The largest absolute Gasteiger partial charge is 0.393 e. The number of nitrogens with one attached hydrogen (secondary N) is 1. The molecule has 21 heavy (non-hydrogen) atoms. The van der Waals surface area contributed by atoms with E-state index in [1.54, 1.807) is 11.9 Å². The molecule has 0 aromatic heterocycles. The molecule has 2 amide bonds. The number of carbonyl (C=O) groups is 1. The molecular weight excluding hydrogens is 264 g/mol. The van der Waals surface area contributed by atoms with Gasteiger partial charge in [-0.2, -0.15) is 0 Å². The maximum absolute atomic E-state index is 12.3. The van der Waals surface area contributed by atoms with Gasteiger partial charge in [0.15, 0.2) is 0 Å². The van der Waals surface area contributed by atoms with Gasteiger partial charge in [-0.3, -0.25) is 0 Å². The number of benzene rings is 1. The van der Waals surface area contributed by atoms with E-state index in [1.165, 1.54) is 0 Å². The molecule has 116 valence electrons. The summed E-state index contributed by atoms with van der Waals surface area (Å²) < 4.78 is 0. The lowest BCUT2D eigenvalue weighted by Gasteiger charge is -2.31. The Kier molecular flexibility index (Phi) is 5.23. The molecule has 0 radical (unpaired) electrons. The molecule has 0 aliphatic heterocycles. The number of aryl methyl sites for hydroxylation is 2. The first-order chi connectivity index (χ1) is 9.97. The van der Waals surface area contributed by atoms with E-state index in [0.29, 0.717) is 6.54 Å². The minimum Gasteiger partial charge on any atom is -0.393 e. The third kappa shape index (κ3) is 4.21. The van der Waals surface area contributed by atoms with E-state index in [2.05, 4.69) is 5.32 Å². The number of hydrogen-bond donors (Lipinski definition) is 2. The molecule has 1 fully saturated rings. The first-order valence-corrected chi connectivity index (χ1v) is 7.75. The lowest BCUT2D eigenvalue weighted by Crippen LogP contribution is -2.40. The number of carbonyl (C=O) groups excluding carboxylic acids is 1. The highest BCUT2D eigenvalue weighted by atomic mass is 16.3. The van der Waals surface area contributed by atoms with E-state index in [-0.39, 0.29) is 18.1 Å². The van der Waals surface area contributed by atoms with E-state index in [1.807, 2.05) is 32.0 Å². The second kappa shape index (κ2) is 6.94. The number of nitrogens with zero attached hydrogens (tertiary/aromatic N) is 1. The highest BCUT2D eigenvalue weighted by Crippen LogP contribution is 2.25. The minimum atomic E-state index is -0.269. The second-order valence-electron chi connectivity index (χ2n) is 6.24. The Hall–Kier alpha value is -1.55. The lowest BCUT2D eigenvalue weighted by molar-refractivity contribution is 0.0575. The predicted molar refractivity (Wildman–Crippen MR) is 85.5 cm³/mol. The molecule has 1 aliphatic carbocycles. The Morgan fingerprint density at radius 2 is 2.05 bits per heavy atom. The summed E-state index contributed by atoms with van der Waals surface area (Å²) in [4.78, 5) is 14.0. The molecule has 2 unspecified atom stereocenters. The average Bonchev–Trinajstić information content (AvgIpc) is 2.45. The van der Waals surface area contributed by atoms with Crippen molar-refractivity contribution in [2.45, 2.75) is 45.6 Å².